The van der Waals surface area contributed by atoms with E-state index in [-0.39, 0.29) is 17.8 Å². The van der Waals surface area contributed by atoms with E-state index in [4.69, 9.17) is 0 Å². The first-order valence-electron chi connectivity index (χ1n) is 8.50. The molecule has 0 saturated carbocycles. The number of hydrogen-bond acceptors (Lipinski definition) is 5. The predicted octanol–water partition coefficient (Wildman–Crippen LogP) is 0.401. The van der Waals surface area contributed by atoms with Crippen LogP contribution < -0.4 is 10.6 Å². The van der Waals surface area contributed by atoms with Crippen LogP contribution in [0.4, 0.5) is 0 Å². The maximum Gasteiger partial charge on any atom is 0.191 e. The van der Waals surface area contributed by atoms with Gasteiger partial charge in [0.15, 0.2) is 5.96 Å². The standard InChI is InChI=1S/C16H32N6O2S/c1-7-17-16(20-13(2)8-9-25(6,23)24)18-11-15(21(3)4)14-10-19-22(5)12-14/h10,12-13,15H,7-9,11H2,1-6H3,(H2,17,18,20). The van der Waals surface area contributed by atoms with Gasteiger partial charge < -0.3 is 15.5 Å². The molecule has 1 heterocycles. The van der Waals surface area contributed by atoms with Gasteiger partial charge in [0.1, 0.15) is 9.84 Å². The minimum absolute atomic E-state index is 0.0173. The first kappa shape index (κ1) is 21.4. The lowest BCUT2D eigenvalue weighted by Crippen LogP contribution is -2.43. The number of likely N-dealkylation sites (N-methyl/N-ethyl adjacent to an activating group) is 1. The van der Waals surface area contributed by atoms with Gasteiger partial charge in [0, 0.05) is 37.7 Å². The van der Waals surface area contributed by atoms with Crippen molar-refractivity contribution in [1.29, 1.82) is 0 Å². The van der Waals surface area contributed by atoms with Crippen LogP contribution in [0.2, 0.25) is 0 Å². The summed E-state index contributed by atoms with van der Waals surface area (Å²) in [6, 6.07) is 0.138. The molecule has 0 radical (unpaired) electrons. The molecule has 0 aromatic carbocycles. The summed E-state index contributed by atoms with van der Waals surface area (Å²) >= 11 is 0. The number of sulfone groups is 1. The van der Waals surface area contributed by atoms with E-state index in [1.165, 1.54) is 6.26 Å². The number of aryl methyl sites for hydroxylation is 1. The summed E-state index contributed by atoms with van der Waals surface area (Å²) in [7, 11) is 2.98. The maximum absolute atomic E-state index is 11.3. The van der Waals surface area contributed by atoms with Crippen LogP contribution in [-0.4, -0.2) is 74.3 Å². The number of aliphatic imine (C=N–C) groups is 1. The number of nitrogens with one attached hydrogen (secondary N) is 2. The molecular formula is C16H32N6O2S. The minimum atomic E-state index is -2.95. The molecule has 2 unspecified atom stereocenters. The topological polar surface area (TPSA) is 91.6 Å². The summed E-state index contributed by atoms with van der Waals surface area (Å²) in [5.41, 5.74) is 1.11. The number of aromatic nitrogens is 2. The van der Waals surface area contributed by atoms with E-state index in [9.17, 15) is 8.42 Å². The normalized spacial score (nSPS) is 15.2. The summed E-state index contributed by atoms with van der Waals surface area (Å²) in [5.74, 6) is 0.857. The third-order valence-corrected chi connectivity index (χ3v) is 4.78. The lowest BCUT2D eigenvalue weighted by molar-refractivity contribution is 0.306. The smallest absolute Gasteiger partial charge is 0.191 e. The van der Waals surface area contributed by atoms with Crippen LogP contribution in [0.25, 0.3) is 0 Å². The van der Waals surface area contributed by atoms with E-state index < -0.39 is 9.84 Å². The van der Waals surface area contributed by atoms with E-state index >= 15 is 0 Å². The van der Waals surface area contributed by atoms with Gasteiger partial charge in [-0.25, -0.2) is 8.42 Å². The van der Waals surface area contributed by atoms with Gasteiger partial charge in [0.2, 0.25) is 0 Å². The number of guanidine groups is 1. The molecule has 8 nitrogen and oxygen atoms in total. The minimum Gasteiger partial charge on any atom is -0.357 e. The molecule has 0 aliphatic heterocycles. The molecule has 0 saturated heterocycles. The molecule has 0 aliphatic carbocycles. The van der Waals surface area contributed by atoms with Gasteiger partial charge >= 0.3 is 0 Å². The predicted molar refractivity (Wildman–Crippen MR) is 103 cm³/mol. The molecule has 0 fully saturated rings. The fraction of sp³-hybridized carbons (Fsp3) is 0.750. The largest absolute Gasteiger partial charge is 0.357 e. The summed E-state index contributed by atoms with van der Waals surface area (Å²) in [6.45, 7) is 5.28. The fourth-order valence-electron chi connectivity index (χ4n) is 2.37. The highest BCUT2D eigenvalue weighted by Gasteiger charge is 2.16. The van der Waals surface area contributed by atoms with Gasteiger partial charge in [-0.2, -0.15) is 5.10 Å². The molecule has 0 spiro atoms. The van der Waals surface area contributed by atoms with E-state index in [2.05, 4.69) is 25.6 Å². The molecule has 2 N–H and O–H groups in total. The third kappa shape index (κ3) is 8.35. The average molecular weight is 373 g/mol. The van der Waals surface area contributed by atoms with Crippen molar-refractivity contribution in [3.8, 4) is 0 Å². The third-order valence-electron chi connectivity index (χ3n) is 3.80. The van der Waals surface area contributed by atoms with E-state index in [0.29, 0.717) is 18.9 Å². The zero-order chi connectivity index (χ0) is 19.0. The molecule has 0 bridgehead atoms. The van der Waals surface area contributed by atoms with Crippen molar-refractivity contribution in [3.63, 3.8) is 0 Å². The second-order valence-electron chi connectivity index (χ2n) is 6.61. The van der Waals surface area contributed by atoms with Gasteiger partial charge in [-0.3, -0.25) is 9.67 Å². The van der Waals surface area contributed by atoms with Gasteiger partial charge in [-0.15, -0.1) is 0 Å². The number of rotatable bonds is 9. The van der Waals surface area contributed by atoms with Crippen LogP contribution in [0.3, 0.4) is 0 Å². The second-order valence-corrected chi connectivity index (χ2v) is 8.87. The zero-order valence-electron chi connectivity index (χ0n) is 16.2. The Hall–Kier alpha value is -1.61. The van der Waals surface area contributed by atoms with Crippen LogP contribution in [0.1, 0.15) is 31.9 Å². The highest BCUT2D eigenvalue weighted by Crippen LogP contribution is 2.17. The van der Waals surface area contributed by atoms with Crippen molar-refractivity contribution < 1.29 is 8.42 Å². The summed E-state index contributed by atoms with van der Waals surface area (Å²) in [5, 5.41) is 10.7. The van der Waals surface area contributed by atoms with Crippen LogP contribution >= 0.6 is 0 Å². The molecule has 2 atom stereocenters. The van der Waals surface area contributed by atoms with Crippen molar-refractivity contribution in [2.45, 2.75) is 32.4 Å². The molecular weight excluding hydrogens is 340 g/mol. The first-order chi connectivity index (χ1) is 11.6. The van der Waals surface area contributed by atoms with Crippen LogP contribution in [0.5, 0.6) is 0 Å². The van der Waals surface area contributed by atoms with Crippen molar-refractivity contribution in [2.24, 2.45) is 12.0 Å². The van der Waals surface area contributed by atoms with Crippen molar-refractivity contribution in [3.05, 3.63) is 18.0 Å². The first-order valence-corrected chi connectivity index (χ1v) is 10.6. The lowest BCUT2D eigenvalue weighted by Gasteiger charge is -2.23. The Morgan fingerprint density at radius 2 is 2.12 bits per heavy atom. The lowest BCUT2D eigenvalue weighted by atomic mass is 10.1. The van der Waals surface area contributed by atoms with Crippen molar-refractivity contribution in [2.75, 3.05) is 39.2 Å². The Morgan fingerprint density at radius 3 is 2.60 bits per heavy atom. The van der Waals surface area contributed by atoms with Crippen molar-refractivity contribution in [1.82, 2.24) is 25.3 Å². The average Bonchev–Trinajstić information content (AvgIpc) is 2.90. The Morgan fingerprint density at radius 1 is 1.44 bits per heavy atom. The van der Waals surface area contributed by atoms with E-state index in [1.54, 1.807) is 4.68 Å². The summed E-state index contributed by atoms with van der Waals surface area (Å²) in [4.78, 5) is 6.78. The highest BCUT2D eigenvalue weighted by molar-refractivity contribution is 7.90. The second kappa shape index (κ2) is 9.76. The van der Waals surface area contributed by atoms with Gasteiger partial charge in [0.05, 0.1) is 24.5 Å². The quantitative estimate of drug-likeness (QED) is 0.482. The van der Waals surface area contributed by atoms with Crippen LogP contribution in [0.15, 0.2) is 17.4 Å². The van der Waals surface area contributed by atoms with Gasteiger partial charge in [-0.1, -0.05) is 0 Å². The van der Waals surface area contributed by atoms with Crippen LogP contribution in [0, 0.1) is 0 Å². The zero-order valence-corrected chi connectivity index (χ0v) is 17.0. The fourth-order valence-corrected chi connectivity index (χ4v) is 3.15. The molecule has 0 amide bonds. The SMILES string of the molecule is CCNC(=NCC(c1cnn(C)c1)N(C)C)NC(C)CCS(C)(=O)=O. The van der Waals surface area contributed by atoms with Crippen molar-refractivity contribution >= 4 is 15.8 Å². The Balaban J connectivity index is 2.75. The Bertz CT molecular complexity index is 653. The highest BCUT2D eigenvalue weighted by atomic mass is 32.2. The van der Waals surface area contributed by atoms with Gasteiger partial charge in [-0.05, 0) is 34.4 Å². The molecule has 144 valence electrons. The molecule has 25 heavy (non-hydrogen) atoms. The Kier molecular flexibility index (Phi) is 8.37. The van der Waals surface area contributed by atoms with Gasteiger partial charge in [0.25, 0.3) is 0 Å². The van der Waals surface area contributed by atoms with E-state index in [1.807, 2.05) is 47.4 Å². The molecule has 1 aromatic rings. The monoisotopic (exact) mass is 372 g/mol. The molecule has 0 aliphatic rings. The molecule has 9 heteroatoms. The molecule has 1 rings (SSSR count). The summed E-state index contributed by atoms with van der Waals surface area (Å²) in [6.07, 6.45) is 5.65. The maximum atomic E-state index is 11.3. The van der Waals surface area contributed by atoms with Crippen LogP contribution in [-0.2, 0) is 16.9 Å². The number of nitrogens with zero attached hydrogens (tertiary/aromatic N) is 4. The van der Waals surface area contributed by atoms with E-state index in [0.717, 1.165) is 12.1 Å². The summed E-state index contributed by atoms with van der Waals surface area (Å²) < 4.78 is 24.4. The molecule has 1 aromatic heterocycles. The Labute approximate surface area is 151 Å². The number of hydrogen-bond donors (Lipinski definition) is 2.